The van der Waals surface area contributed by atoms with Crippen molar-refractivity contribution in [2.24, 2.45) is 9.98 Å². The fourth-order valence-corrected chi connectivity index (χ4v) is 4.01. The number of nitrogens with zero attached hydrogens (tertiary/aromatic N) is 2. The zero-order valence-corrected chi connectivity index (χ0v) is 14.7. The van der Waals surface area contributed by atoms with E-state index >= 15 is 0 Å². The molecule has 5 heteroatoms. The molecule has 0 heterocycles. The van der Waals surface area contributed by atoms with Gasteiger partial charge in [-0.3, -0.25) is 0 Å². The third-order valence-corrected chi connectivity index (χ3v) is 4.62. The molecule has 4 nitrogen and oxygen atoms in total. The second kappa shape index (κ2) is 8.88. The van der Waals surface area contributed by atoms with E-state index in [1.165, 1.54) is 34.4 Å². The van der Waals surface area contributed by atoms with E-state index in [0.29, 0.717) is 10.3 Å². The van der Waals surface area contributed by atoms with Gasteiger partial charge in [0.2, 0.25) is 12.2 Å². The van der Waals surface area contributed by atoms with Gasteiger partial charge < -0.3 is 0 Å². The van der Waals surface area contributed by atoms with Crippen LogP contribution in [0, 0.1) is 20.8 Å². The number of alkyl halides is 1. The van der Waals surface area contributed by atoms with Crippen LogP contribution in [0.3, 0.4) is 0 Å². The number of aliphatic imine (C=N–C) groups is 2. The molecule has 0 aromatic heterocycles. The van der Waals surface area contributed by atoms with Crippen LogP contribution in [0.4, 0.5) is 0 Å². The molecule has 0 spiro atoms. The fraction of sp³-hybridized carbons (Fsp3) is 0.500. The molecule has 0 aliphatic rings. The van der Waals surface area contributed by atoms with Crippen molar-refractivity contribution < 1.29 is 9.59 Å². The normalized spacial score (nSPS) is 13.0. The van der Waals surface area contributed by atoms with E-state index in [9.17, 15) is 9.59 Å². The average Bonchev–Trinajstić information content (AvgIpc) is 2.37. The number of benzene rings is 1. The molecule has 1 atom stereocenters. The molecule has 0 aliphatic heterocycles. The van der Waals surface area contributed by atoms with Crippen molar-refractivity contribution in [3.63, 3.8) is 0 Å². The van der Waals surface area contributed by atoms with E-state index in [1.54, 1.807) is 0 Å². The molecule has 0 saturated heterocycles. The Balaban J connectivity index is 2.68. The number of isocyanates is 2. The lowest BCUT2D eigenvalue weighted by Crippen LogP contribution is -2.03. The van der Waals surface area contributed by atoms with Crippen LogP contribution in [0.2, 0.25) is 0 Å². The Morgan fingerprint density at radius 1 is 1.05 bits per heavy atom. The van der Waals surface area contributed by atoms with Crippen LogP contribution in [0.5, 0.6) is 0 Å². The Morgan fingerprint density at radius 2 is 1.57 bits per heavy atom. The van der Waals surface area contributed by atoms with Gasteiger partial charge in [0.05, 0.1) is 0 Å². The summed E-state index contributed by atoms with van der Waals surface area (Å²) in [5.74, 6) is 0. The maximum atomic E-state index is 10.2. The highest BCUT2D eigenvalue weighted by molar-refractivity contribution is 14.1. The van der Waals surface area contributed by atoms with Gasteiger partial charge in [-0.15, -0.1) is 0 Å². The van der Waals surface area contributed by atoms with Crippen molar-refractivity contribution >= 4 is 34.8 Å². The van der Waals surface area contributed by atoms with Crippen molar-refractivity contribution in [1.82, 2.24) is 0 Å². The van der Waals surface area contributed by atoms with Crippen LogP contribution >= 0.6 is 22.6 Å². The number of carbonyl (C=O) groups excluding carboxylic acids is 2. The van der Waals surface area contributed by atoms with Gasteiger partial charge in [0.15, 0.2) is 6.17 Å². The summed E-state index contributed by atoms with van der Waals surface area (Å²) in [6.45, 7) is 6.37. The van der Waals surface area contributed by atoms with Crippen LogP contribution in [0.25, 0.3) is 0 Å². The summed E-state index contributed by atoms with van der Waals surface area (Å²) in [6.07, 6.45) is 4.61. The number of hydrogen-bond donors (Lipinski definition) is 0. The first-order chi connectivity index (χ1) is 9.99. The first-order valence-corrected chi connectivity index (χ1v) is 8.10. The Hall–Kier alpha value is -1.29. The van der Waals surface area contributed by atoms with E-state index in [4.69, 9.17) is 0 Å². The lowest BCUT2D eigenvalue weighted by atomic mass is 9.95. The Labute approximate surface area is 138 Å². The summed E-state index contributed by atoms with van der Waals surface area (Å²) in [5, 5.41) is 0. The second-order valence-corrected chi connectivity index (χ2v) is 6.64. The molecular formula is C16H19IN2O2. The summed E-state index contributed by atoms with van der Waals surface area (Å²) in [5.41, 5.74) is 5.26. The molecule has 112 valence electrons. The molecule has 1 aromatic rings. The molecule has 21 heavy (non-hydrogen) atoms. The van der Waals surface area contributed by atoms with E-state index in [-0.39, 0.29) is 0 Å². The summed E-state index contributed by atoms with van der Waals surface area (Å²) in [6, 6.07) is 4.40. The average molecular weight is 398 g/mol. The summed E-state index contributed by atoms with van der Waals surface area (Å²) in [4.78, 5) is 27.5. The van der Waals surface area contributed by atoms with Crippen molar-refractivity contribution in [1.29, 1.82) is 0 Å². The van der Waals surface area contributed by atoms with Gasteiger partial charge >= 0.3 is 0 Å². The standard InChI is InChI=1S/C16H19IN2O2/c1-11-7-12(2)16(13(3)8-11)14(17)5-4-6-15(18-9-20)19-10-21/h7-8,14-15H,4-6H2,1-3H3. The fourth-order valence-electron chi connectivity index (χ4n) is 2.59. The lowest BCUT2D eigenvalue weighted by Gasteiger charge is -2.17. The van der Waals surface area contributed by atoms with E-state index in [2.05, 4.69) is 65.5 Å². The third kappa shape index (κ3) is 5.54. The van der Waals surface area contributed by atoms with Crippen LogP contribution in [0.1, 0.15) is 45.4 Å². The molecule has 0 amide bonds. The highest BCUT2D eigenvalue weighted by Gasteiger charge is 2.14. The molecule has 0 bridgehead atoms. The predicted molar refractivity (Wildman–Crippen MR) is 91.3 cm³/mol. The first kappa shape index (κ1) is 17.8. The smallest absolute Gasteiger partial charge is 0.211 e. The van der Waals surface area contributed by atoms with Crippen LogP contribution in [0.15, 0.2) is 22.1 Å². The summed E-state index contributed by atoms with van der Waals surface area (Å²) >= 11 is 2.44. The van der Waals surface area contributed by atoms with Crippen molar-refractivity contribution in [3.8, 4) is 0 Å². The van der Waals surface area contributed by atoms with Gasteiger partial charge in [-0.1, -0.05) is 40.3 Å². The van der Waals surface area contributed by atoms with Crippen LogP contribution < -0.4 is 0 Å². The van der Waals surface area contributed by atoms with Gasteiger partial charge in [0.1, 0.15) is 0 Å². The molecule has 0 aliphatic carbocycles. The number of halogens is 1. The summed E-state index contributed by atoms with van der Waals surface area (Å²) < 4.78 is 0.393. The quantitative estimate of drug-likeness (QED) is 0.298. The monoisotopic (exact) mass is 398 g/mol. The molecule has 0 radical (unpaired) electrons. The van der Waals surface area contributed by atoms with Gasteiger partial charge in [0.25, 0.3) is 0 Å². The van der Waals surface area contributed by atoms with Gasteiger partial charge in [-0.05, 0) is 56.7 Å². The molecule has 1 aromatic carbocycles. The minimum Gasteiger partial charge on any atom is -0.211 e. The Morgan fingerprint density at radius 3 is 2.05 bits per heavy atom. The topological polar surface area (TPSA) is 58.9 Å². The van der Waals surface area contributed by atoms with Crippen molar-refractivity contribution in [2.75, 3.05) is 0 Å². The van der Waals surface area contributed by atoms with Crippen molar-refractivity contribution in [3.05, 3.63) is 34.4 Å². The molecule has 1 rings (SSSR count). The van der Waals surface area contributed by atoms with Crippen molar-refractivity contribution in [2.45, 2.75) is 50.1 Å². The number of aryl methyl sites for hydroxylation is 3. The molecule has 0 fully saturated rings. The maximum Gasteiger partial charge on any atom is 0.237 e. The highest BCUT2D eigenvalue weighted by Crippen LogP contribution is 2.34. The lowest BCUT2D eigenvalue weighted by molar-refractivity contribution is 0.532. The molecule has 0 saturated carbocycles. The largest absolute Gasteiger partial charge is 0.237 e. The van der Waals surface area contributed by atoms with E-state index < -0.39 is 6.17 Å². The number of rotatable bonds is 7. The minimum atomic E-state index is -0.635. The third-order valence-electron chi connectivity index (χ3n) is 3.37. The van der Waals surface area contributed by atoms with Crippen LogP contribution in [-0.4, -0.2) is 18.3 Å². The van der Waals surface area contributed by atoms with Gasteiger partial charge in [-0.2, -0.15) is 9.98 Å². The second-order valence-electron chi connectivity index (χ2n) is 5.13. The van der Waals surface area contributed by atoms with E-state index in [1.807, 2.05) is 0 Å². The first-order valence-electron chi connectivity index (χ1n) is 6.85. The minimum absolute atomic E-state index is 0.393. The van der Waals surface area contributed by atoms with E-state index in [0.717, 1.165) is 12.8 Å². The predicted octanol–water partition coefficient (Wildman–Crippen LogP) is 4.26. The molecular weight excluding hydrogens is 379 g/mol. The molecule has 1 unspecified atom stereocenters. The zero-order valence-electron chi connectivity index (χ0n) is 12.5. The van der Waals surface area contributed by atoms with Gasteiger partial charge in [-0.25, -0.2) is 9.59 Å². The van der Waals surface area contributed by atoms with Crippen LogP contribution in [-0.2, 0) is 9.59 Å². The Kier molecular flexibility index (Phi) is 7.51. The summed E-state index contributed by atoms with van der Waals surface area (Å²) in [7, 11) is 0. The molecule has 0 N–H and O–H groups in total. The zero-order chi connectivity index (χ0) is 15.8. The highest BCUT2D eigenvalue weighted by atomic mass is 127. The maximum absolute atomic E-state index is 10.2. The SMILES string of the molecule is Cc1cc(C)c(C(I)CCCC(N=C=O)N=C=O)c(C)c1. The Bertz CT molecular complexity index is 547. The number of hydrogen-bond acceptors (Lipinski definition) is 4. The van der Waals surface area contributed by atoms with Gasteiger partial charge in [0, 0.05) is 3.92 Å².